The number of carbonyl (C=O) groups excluding carboxylic acids is 1. The molecule has 0 aliphatic carbocycles. The highest BCUT2D eigenvalue weighted by Gasteiger charge is 2.01. The number of rotatable bonds is 3. The van der Waals surface area contributed by atoms with Crippen LogP contribution in [0.2, 0.25) is 0 Å². The van der Waals surface area contributed by atoms with E-state index in [0.717, 1.165) is 10.9 Å². The van der Waals surface area contributed by atoms with Crippen LogP contribution < -0.4 is 16.9 Å². The van der Waals surface area contributed by atoms with Crippen molar-refractivity contribution in [1.82, 2.24) is 14.8 Å². The van der Waals surface area contributed by atoms with Gasteiger partial charge in [0, 0.05) is 13.0 Å². The molecule has 1 amide bonds. The predicted octanol–water partition coefficient (Wildman–Crippen LogP) is -2.19. The molecule has 0 saturated heterocycles. The first kappa shape index (κ1) is 9.17. The number of nitrogens with one attached hydrogen (secondary N) is 1. The first-order chi connectivity index (χ1) is 6.11. The van der Waals surface area contributed by atoms with Gasteiger partial charge < -0.3 is 5.73 Å². The van der Waals surface area contributed by atoms with Gasteiger partial charge >= 0.3 is 11.1 Å². The number of nitrogens with zero attached hydrogens (tertiary/aromatic N) is 2. The number of aromatic nitrogens is 3. The third-order valence-corrected chi connectivity index (χ3v) is 1.42. The number of aromatic amines is 1. The number of amides is 1. The van der Waals surface area contributed by atoms with Crippen molar-refractivity contribution in [3.63, 3.8) is 0 Å². The molecule has 0 saturated carbocycles. The van der Waals surface area contributed by atoms with Crippen LogP contribution in [-0.4, -0.2) is 20.7 Å². The topological polar surface area (TPSA) is 111 Å². The summed E-state index contributed by atoms with van der Waals surface area (Å²) < 4.78 is 1.03. The van der Waals surface area contributed by atoms with Crippen LogP contribution >= 0.6 is 0 Å². The molecule has 7 heteroatoms. The predicted molar refractivity (Wildman–Crippen MR) is 42.9 cm³/mol. The van der Waals surface area contributed by atoms with E-state index in [9.17, 15) is 14.4 Å². The molecule has 0 spiro atoms. The van der Waals surface area contributed by atoms with Crippen LogP contribution in [0.15, 0.2) is 15.9 Å². The van der Waals surface area contributed by atoms with Gasteiger partial charge in [-0.15, -0.1) is 0 Å². The smallest absolute Gasteiger partial charge is 0.330 e. The highest BCUT2D eigenvalue weighted by atomic mass is 16.2. The zero-order valence-electron chi connectivity index (χ0n) is 6.69. The molecule has 3 N–H and O–H groups in total. The van der Waals surface area contributed by atoms with Gasteiger partial charge in [-0.1, -0.05) is 0 Å². The van der Waals surface area contributed by atoms with Crippen LogP contribution in [-0.2, 0) is 11.3 Å². The number of carbonyl (C=O) groups is 1. The van der Waals surface area contributed by atoms with Gasteiger partial charge in [0.25, 0.3) is 0 Å². The maximum atomic E-state index is 11.0. The first-order valence-electron chi connectivity index (χ1n) is 3.53. The molecule has 70 valence electrons. The van der Waals surface area contributed by atoms with E-state index >= 15 is 0 Å². The molecular weight excluding hydrogens is 176 g/mol. The SMILES string of the molecule is NC(=O)CCn1cn[nH]c(=O)c1=O. The third kappa shape index (κ3) is 2.26. The summed E-state index contributed by atoms with van der Waals surface area (Å²) >= 11 is 0. The van der Waals surface area contributed by atoms with Gasteiger partial charge in [-0.3, -0.25) is 19.0 Å². The summed E-state index contributed by atoms with van der Waals surface area (Å²) in [6, 6.07) is 0. The van der Waals surface area contributed by atoms with Crippen LogP contribution in [0.25, 0.3) is 0 Å². The maximum absolute atomic E-state index is 11.0. The zero-order chi connectivity index (χ0) is 9.84. The number of H-pyrrole nitrogens is 1. The lowest BCUT2D eigenvalue weighted by atomic mass is 10.4. The summed E-state index contributed by atoms with van der Waals surface area (Å²) in [5, 5.41) is 5.37. The van der Waals surface area contributed by atoms with Crippen molar-refractivity contribution in [2.75, 3.05) is 0 Å². The Balaban J connectivity index is 2.90. The Bertz CT molecular complexity index is 418. The van der Waals surface area contributed by atoms with Gasteiger partial charge in [-0.2, -0.15) is 5.10 Å². The monoisotopic (exact) mass is 184 g/mol. The number of primary amides is 1. The van der Waals surface area contributed by atoms with Gasteiger partial charge in [0.1, 0.15) is 6.33 Å². The first-order valence-corrected chi connectivity index (χ1v) is 3.53. The van der Waals surface area contributed by atoms with E-state index in [-0.39, 0.29) is 13.0 Å². The standard InChI is InChI=1S/C6H8N4O3/c7-4(11)1-2-10-3-8-9-5(12)6(10)13/h3H,1-2H2,(H2,7,11)(H,9,12). The third-order valence-electron chi connectivity index (χ3n) is 1.42. The Hall–Kier alpha value is -1.92. The van der Waals surface area contributed by atoms with E-state index in [2.05, 4.69) is 5.10 Å². The summed E-state index contributed by atoms with van der Waals surface area (Å²) in [6.07, 6.45) is 1.15. The van der Waals surface area contributed by atoms with Crippen molar-refractivity contribution < 1.29 is 4.79 Å². The van der Waals surface area contributed by atoms with E-state index in [0.29, 0.717) is 0 Å². The second-order valence-electron chi connectivity index (χ2n) is 2.40. The van der Waals surface area contributed by atoms with Crippen LogP contribution in [0.3, 0.4) is 0 Å². The van der Waals surface area contributed by atoms with Crippen LogP contribution in [0.4, 0.5) is 0 Å². The van der Waals surface area contributed by atoms with Gasteiger partial charge in [0.15, 0.2) is 0 Å². The Morgan fingerprint density at radius 3 is 2.92 bits per heavy atom. The summed E-state index contributed by atoms with van der Waals surface area (Å²) in [6.45, 7) is 0.0745. The van der Waals surface area contributed by atoms with Gasteiger partial charge in [-0.25, -0.2) is 5.10 Å². The minimum atomic E-state index is -0.813. The lowest BCUT2D eigenvalue weighted by Crippen LogP contribution is -2.37. The van der Waals surface area contributed by atoms with E-state index in [1.165, 1.54) is 0 Å². The summed E-state index contributed by atoms with van der Waals surface area (Å²) in [5.41, 5.74) is 3.32. The fraction of sp³-hybridized carbons (Fsp3) is 0.333. The molecule has 0 aliphatic rings. The molecule has 1 rings (SSSR count). The minimum Gasteiger partial charge on any atom is -0.370 e. The summed E-state index contributed by atoms with van der Waals surface area (Å²) in [7, 11) is 0. The fourth-order valence-corrected chi connectivity index (χ4v) is 0.778. The molecule has 0 aliphatic heterocycles. The number of hydrogen-bond donors (Lipinski definition) is 2. The van der Waals surface area contributed by atoms with Crippen molar-refractivity contribution in [2.24, 2.45) is 5.73 Å². The lowest BCUT2D eigenvalue weighted by Gasteiger charge is -1.99. The molecule has 0 fully saturated rings. The number of aryl methyl sites for hydroxylation is 1. The van der Waals surface area contributed by atoms with E-state index in [1.807, 2.05) is 5.10 Å². The summed E-state index contributed by atoms with van der Waals surface area (Å²) in [5.74, 6) is -0.535. The minimum absolute atomic E-state index is 0.00500. The number of hydrogen-bond acceptors (Lipinski definition) is 4. The van der Waals surface area contributed by atoms with Crippen molar-refractivity contribution in [3.8, 4) is 0 Å². The Morgan fingerprint density at radius 2 is 2.31 bits per heavy atom. The van der Waals surface area contributed by atoms with Gasteiger partial charge in [0.05, 0.1) is 0 Å². The van der Waals surface area contributed by atoms with Crippen molar-refractivity contribution in [3.05, 3.63) is 27.0 Å². The molecule has 7 nitrogen and oxygen atoms in total. The largest absolute Gasteiger partial charge is 0.370 e. The molecule has 1 aromatic rings. The Kier molecular flexibility index (Phi) is 2.58. The molecule has 1 aromatic heterocycles. The second-order valence-corrected chi connectivity index (χ2v) is 2.40. The molecule has 0 unspecified atom stereocenters. The second kappa shape index (κ2) is 3.65. The Morgan fingerprint density at radius 1 is 1.62 bits per heavy atom. The van der Waals surface area contributed by atoms with Crippen molar-refractivity contribution in [2.45, 2.75) is 13.0 Å². The van der Waals surface area contributed by atoms with Gasteiger partial charge in [0.2, 0.25) is 5.91 Å². The highest BCUT2D eigenvalue weighted by Crippen LogP contribution is 1.80. The van der Waals surface area contributed by atoms with E-state index in [4.69, 9.17) is 5.73 Å². The maximum Gasteiger partial charge on any atom is 0.330 e. The zero-order valence-corrected chi connectivity index (χ0v) is 6.69. The Labute approximate surface area is 72.2 Å². The normalized spacial score (nSPS) is 9.85. The van der Waals surface area contributed by atoms with Crippen LogP contribution in [0.1, 0.15) is 6.42 Å². The lowest BCUT2D eigenvalue weighted by molar-refractivity contribution is -0.118. The molecule has 0 bridgehead atoms. The number of nitrogens with two attached hydrogens (primary N) is 1. The fourth-order valence-electron chi connectivity index (χ4n) is 0.778. The summed E-state index contributed by atoms with van der Waals surface area (Å²) in [4.78, 5) is 32.1. The highest BCUT2D eigenvalue weighted by molar-refractivity contribution is 5.73. The average Bonchev–Trinajstić information content (AvgIpc) is 2.07. The van der Waals surface area contributed by atoms with E-state index in [1.54, 1.807) is 0 Å². The van der Waals surface area contributed by atoms with Crippen molar-refractivity contribution >= 4 is 5.91 Å². The van der Waals surface area contributed by atoms with Gasteiger partial charge in [-0.05, 0) is 0 Å². The molecule has 13 heavy (non-hydrogen) atoms. The quantitative estimate of drug-likeness (QED) is 0.519. The molecule has 0 aromatic carbocycles. The molecule has 1 heterocycles. The van der Waals surface area contributed by atoms with Crippen LogP contribution in [0, 0.1) is 0 Å². The van der Waals surface area contributed by atoms with Crippen LogP contribution in [0.5, 0.6) is 0 Å². The molecule has 0 atom stereocenters. The average molecular weight is 184 g/mol. The van der Waals surface area contributed by atoms with E-state index < -0.39 is 17.0 Å². The molecule has 0 radical (unpaired) electrons. The molecular formula is C6H8N4O3. The van der Waals surface area contributed by atoms with Crippen molar-refractivity contribution in [1.29, 1.82) is 0 Å².